The molecule has 1 aliphatic rings. The zero-order chi connectivity index (χ0) is 18.8. The molecule has 0 aromatic heterocycles. The molecule has 1 atom stereocenters. The van der Waals surface area contributed by atoms with Crippen LogP contribution in [0.25, 0.3) is 0 Å². The van der Waals surface area contributed by atoms with Gasteiger partial charge < -0.3 is 15.4 Å². The smallest absolute Gasteiger partial charge is 0.191 e. The quantitative estimate of drug-likeness (QED) is 0.552. The van der Waals surface area contributed by atoms with Crippen molar-refractivity contribution in [2.24, 2.45) is 10.9 Å². The number of nitrogens with one attached hydrogen (secondary N) is 2. The molecule has 0 spiro atoms. The Morgan fingerprint density at radius 2 is 1.85 bits per heavy atom. The zero-order valence-electron chi connectivity index (χ0n) is 17.0. The maximum Gasteiger partial charge on any atom is 0.191 e. The molecule has 26 heavy (non-hydrogen) atoms. The lowest BCUT2D eigenvalue weighted by molar-refractivity contribution is 0.0323. The van der Waals surface area contributed by atoms with Gasteiger partial charge in [-0.05, 0) is 38.7 Å². The minimum Gasteiger partial charge on any atom is -0.379 e. The van der Waals surface area contributed by atoms with E-state index in [2.05, 4.69) is 61.4 Å². The molecule has 1 unspecified atom stereocenters. The standard InChI is InChI=1S/C21H36N4O/c1-5-22-21(23-7-6-20-13-17(2)12-18(3)14-20)24-15-19(4)16-25-8-10-26-11-9-25/h12-14,19H,5-11,15-16H2,1-4H3,(H2,22,23,24). The van der Waals surface area contributed by atoms with Crippen molar-refractivity contribution in [1.29, 1.82) is 0 Å². The van der Waals surface area contributed by atoms with E-state index < -0.39 is 0 Å². The Hall–Kier alpha value is -1.59. The zero-order valence-corrected chi connectivity index (χ0v) is 17.0. The second-order valence-electron chi connectivity index (χ2n) is 7.41. The lowest BCUT2D eigenvalue weighted by Gasteiger charge is -2.28. The molecule has 146 valence electrons. The molecule has 1 aromatic carbocycles. The molecule has 0 saturated carbocycles. The van der Waals surface area contributed by atoms with Crippen LogP contribution in [0.1, 0.15) is 30.5 Å². The van der Waals surface area contributed by atoms with Crippen LogP contribution in [0.3, 0.4) is 0 Å². The minimum atomic E-state index is 0.544. The summed E-state index contributed by atoms with van der Waals surface area (Å²) >= 11 is 0. The molecule has 1 fully saturated rings. The Balaban J connectivity index is 1.77. The summed E-state index contributed by atoms with van der Waals surface area (Å²) in [6, 6.07) is 6.75. The number of nitrogens with zero attached hydrogens (tertiary/aromatic N) is 2. The van der Waals surface area contributed by atoms with Crippen molar-refractivity contribution < 1.29 is 4.74 Å². The number of guanidine groups is 1. The maximum atomic E-state index is 5.42. The second-order valence-corrected chi connectivity index (χ2v) is 7.41. The number of aliphatic imine (C=N–C) groups is 1. The van der Waals surface area contributed by atoms with Gasteiger partial charge in [0.25, 0.3) is 0 Å². The summed E-state index contributed by atoms with van der Waals surface area (Å²) in [7, 11) is 0. The Kier molecular flexibility index (Phi) is 8.92. The van der Waals surface area contributed by atoms with Gasteiger partial charge in [-0.1, -0.05) is 36.2 Å². The van der Waals surface area contributed by atoms with Gasteiger partial charge in [0.15, 0.2) is 5.96 Å². The Bertz CT molecular complexity index is 547. The van der Waals surface area contributed by atoms with Gasteiger partial charge >= 0.3 is 0 Å². The third-order valence-electron chi connectivity index (χ3n) is 4.57. The van der Waals surface area contributed by atoms with Gasteiger partial charge in [-0.25, -0.2) is 0 Å². The largest absolute Gasteiger partial charge is 0.379 e. The van der Waals surface area contributed by atoms with Crippen molar-refractivity contribution in [3.05, 3.63) is 34.9 Å². The molecule has 2 rings (SSSR count). The first-order valence-electron chi connectivity index (χ1n) is 9.96. The van der Waals surface area contributed by atoms with Crippen molar-refractivity contribution >= 4 is 5.96 Å². The molecule has 2 N–H and O–H groups in total. The van der Waals surface area contributed by atoms with Crippen molar-refractivity contribution in [2.75, 3.05) is 52.5 Å². The number of morpholine rings is 1. The molecule has 1 heterocycles. The van der Waals surface area contributed by atoms with E-state index in [4.69, 9.17) is 9.73 Å². The fraction of sp³-hybridized carbons (Fsp3) is 0.667. The van der Waals surface area contributed by atoms with E-state index in [0.717, 1.165) is 64.9 Å². The molecule has 0 bridgehead atoms. The van der Waals surface area contributed by atoms with Gasteiger partial charge in [-0.2, -0.15) is 0 Å². The lowest BCUT2D eigenvalue weighted by atomic mass is 10.1. The van der Waals surface area contributed by atoms with E-state index >= 15 is 0 Å². The number of rotatable bonds is 8. The van der Waals surface area contributed by atoms with Gasteiger partial charge in [-0.3, -0.25) is 9.89 Å². The van der Waals surface area contributed by atoms with E-state index in [-0.39, 0.29) is 0 Å². The first-order valence-corrected chi connectivity index (χ1v) is 9.96. The molecule has 1 aromatic rings. The van der Waals surface area contributed by atoms with Crippen molar-refractivity contribution in [1.82, 2.24) is 15.5 Å². The molecule has 5 heteroatoms. The van der Waals surface area contributed by atoms with E-state index in [1.807, 2.05) is 0 Å². The summed E-state index contributed by atoms with van der Waals surface area (Å²) in [4.78, 5) is 7.26. The van der Waals surface area contributed by atoms with E-state index in [9.17, 15) is 0 Å². The molecule has 1 aliphatic heterocycles. The van der Waals surface area contributed by atoms with Crippen LogP contribution in [-0.2, 0) is 11.2 Å². The first kappa shape index (κ1) is 20.7. The maximum absolute atomic E-state index is 5.42. The summed E-state index contributed by atoms with van der Waals surface area (Å²) in [6.45, 7) is 16.2. The van der Waals surface area contributed by atoms with Crippen molar-refractivity contribution in [3.63, 3.8) is 0 Å². The average molecular weight is 361 g/mol. The van der Waals surface area contributed by atoms with E-state index in [1.165, 1.54) is 16.7 Å². The molecule has 0 amide bonds. The third kappa shape index (κ3) is 7.75. The molecular weight excluding hydrogens is 324 g/mol. The van der Waals surface area contributed by atoms with Crippen LogP contribution >= 0.6 is 0 Å². The van der Waals surface area contributed by atoms with Gasteiger partial charge in [0.05, 0.1) is 13.2 Å². The number of hydrogen-bond donors (Lipinski definition) is 2. The summed E-state index contributed by atoms with van der Waals surface area (Å²) in [5.74, 6) is 1.47. The summed E-state index contributed by atoms with van der Waals surface area (Å²) in [6.07, 6.45) is 1.01. The van der Waals surface area contributed by atoms with Gasteiger partial charge in [0.1, 0.15) is 0 Å². The van der Waals surface area contributed by atoms with Crippen LogP contribution in [0.2, 0.25) is 0 Å². The number of aryl methyl sites for hydroxylation is 2. The average Bonchev–Trinajstić information content (AvgIpc) is 2.60. The Morgan fingerprint density at radius 3 is 2.50 bits per heavy atom. The number of benzene rings is 1. The third-order valence-corrected chi connectivity index (χ3v) is 4.57. The highest BCUT2D eigenvalue weighted by atomic mass is 16.5. The lowest BCUT2D eigenvalue weighted by Crippen LogP contribution is -2.40. The number of ether oxygens (including phenoxy) is 1. The predicted molar refractivity (Wildman–Crippen MR) is 110 cm³/mol. The monoisotopic (exact) mass is 360 g/mol. The van der Waals surface area contributed by atoms with Crippen LogP contribution in [0, 0.1) is 19.8 Å². The molecule has 0 aliphatic carbocycles. The SMILES string of the molecule is CCNC(=NCC(C)CN1CCOCC1)NCCc1cc(C)cc(C)c1. The second kappa shape index (κ2) is 11.2. The molecule has 0 radical (unpaired) electrons. The van der Waals surface area contributed by atoms with Crippen LogP contribution in [0.15, 0.2) is 23.2 Å². The first-order chi connectivity index (χ1) is 12.6. The highest BCUT2D eigenvalue weighted by molar-refractivity contribution is 5.79. The summed E-state index contributed by atoms with van der Waals surface area (Å²) in [5.41, 5.74) is 4.04. The van der Waals surface area contributed by atoms with E-state index in [1.54, 1.807) is 0 Å². The summed E-state index contributed by atoms with van der Waals surface area (Å²) < 4.78 is 5.42. The Morgan fingerprint density at radius 1 is 1.15 bits per heavy atom. The number of hydrogen-bond acceptors (Lipinski definition) is 3. The highest BCUT2D eigenvalue weighted by Gasteiger charge is 2.13. The highest BCUT2D eigenvalue weighted by Crippen LogP contribution is 2.09. The normalized spacial score (nSPS) is 17.2. The van der Waals surface area contributed by atoms with Crippen LogP contribution in [0.4, 0.5) is 0 Å². The van der Waals surface area contributed by atoms with Gasteiger partial charge in [0, 0.05) is 39.3 Å². The van der Waals surface area contributed by atoms with Gasteiger partial charge in [-0.15, -0.1) is 0 Å². The fourth-order valence-electron chi connectivity index (χ4n) is 3.41. The van der Waals surface area contributed by atoms with Crippen LogP contribution in [0.5, 0.6) is 0 Å². The fourth-order valence-corrected chi connectivity index (χ4v) is 3.41. The molecule has 5 nitrogen and oxygen atoms in total. The van der Waals surface area contributed by atoms with Crippen molar-refractivity contribution in [2.45, 2.75) is 34.1 Å². The topological polar surface area (TPSA) is 48.9 Å². The minimum absolute atomic E-state index is 0.544. The Labute approximate surface area is 159 Å². The summed E-state index contributed by atoms with van der Waals surface area (Å²) in [5, 5.41) is 6.83. The van der Waals surface area contributed by atoms with Gasteiger partial charge in [0.2, 0.25) is 0 Å². The van der Waals surface area contributed by atoms with Crippen LogP contribution in [-0.4, -0.2) is 63.3 Å². The predicted octanol–water partition coefficient (Wildman–Crippen LogP) is 2.37. The van der Waals surface area contributed by atoms with E-state index in [0.29, 0.717) is 5.92 Å². The molecule has 1 saturated heterocycles. The van der Waals surface area contributed by atoms with Crippen LogP contribution < -0.4 is 10.6 Å². The van der Waals surface area contributed by atoms with Crippen molar-refractivity contribution in [3.8, 4) is 0 Å². The molecular formula is C21H36N4O.